The van der Waals surface area contributed by atoms with Gasteiger partial charge in [-0.3, -0.25) is 4.98 Å². The number of rotatable bonds is 1. The summed E-state index contributed by atoms with van der Waals surface area (Å²) in [5, 5.41) is 0.368. The first kappa shape index (κ1) is 13.1. The van der Waals surface area contributed by atoms with Crippen molar-refractivity contribution in [2.24, 2.45) is 0 Å². The molecule has 0 aliphatic rings. The highest BCUT2D eigenvalue weighted by Crippen LogP contribution is 2.38. The largest absolute Gasteiger partial charge is 0.417 e. The van der Waals surface area contributed by atoms with Crippen molar-refractivity contribution in [3.05, 3.63) is 40.0 Å². The lowest BCUT2D eigenvalue weighted by Gasteiger charge is -2.15. The Kier molecular flexibility index (Phi) is 3.23. The van der Waals surface area contributed by atoms with E-state index in [9.17, 15) is 13.2 Å². The van der Waals surface area contributed by atoms with E-state index in [1.165, 1.54) is 0 Å². The predicted octanol–water partition coefficient (Wildman–Crippen LogP) is 4.78. The monoisotopic (exact) mass is 273 g/mol. The highest BCUT2D eigenvalue weighted by Gasteiger charge is 2.33. The molecule has 0 N–H and O–H groups in total. The Balaban J connectivity index is 2.95. The number of benzene rings is 1. The fraction of sp³-hybridized carbons (Fsp3) is 0.308. The number of pyridine rings is 1. The molecule has 0 saturated carbocycles. The van der Waals surface area contributed by atoms with Gasteiger partial charge in [-0.2, -0.15) is 13.2 Å². The Bertz CT molecular complexity index is 605. The molecule has 1 heterocycles. The molecule has 0 bridgehead atoms. The summed E-state index contributed by atoms with van der Waals surface area (Å²) in [7, 11) is 0. The smallest absolute Gasteiger partial charge is 0.255 e. The van der Waals surface area contributed by atoms with Gasteiger partial charge in [0.25, 0.3) is 0 Å². The Labute approximate surface area is 108 Å². The molecule has 0 fully saturated rings. The van der Waals surface area contributed by atoms with Gasteiger partial charge in [-0.1, -0.05) is 18.5 Å². The molecule has 5 heteroatoms. The fourth-order valence-corrected chi connectivity index (χ4v) is 2.39. The number of aromatic nitrogens is 1. The van der Waals surface area contributed by atoms with E-state index < -0.39 is 11.7 Å². The minimum absolute atomic E-state index is 0.106. The van der Waals surface area contributed by atoms with Crippen LogP contribution >= 0.6 is 11.6 Å². The molecule has 2 rings (SSSR count). The SMILES string of the molecule is CCc1cc(Cl)c2nccc(C(F)(F)F)c2c1C. The lowest BCUT2D eigenvalue weighted by Crippen LogP contribution is -2.08. The standard InChI is InChI=1S/C13H11ClF3N/c1-3-8-6-10(14)12-11(7(8)2)9(4-5-18-12)13(15,16)17/h4-6H,3H2,1-2H3. The summed E-state index contributed by atoms with van der Waals surface area (Å²) in [5.41, 5.74) is 0.937. The first-order valence-electron chi connectivity index (χ1n) is 5.50. The molecule has 96 valence electrons. The minimum Gasteiger partial charge on any atom is -0.255 e. The molecular weight excluding hydrogens is 263 g/mol. The molecule has 0 atom stereocenters. The zero-order chi connectivity index (χ0) is 13.5. The number of hydrogen-bond donors (Lipinski definition) is 0. The summed E-state index contributed by atoms with van der Waals surface area (Å²) in [6.07, 6.45) is -2.63. The van der Waals surface area contributed by atoms with E-state index in [2.05, 4.69) is 4.98 Å². The van der Waals surface area contributed by atoms with E-state index in [-0.39, 0.29) is 15.9 Å². The van der Waals surface area contributed by atoms with Gasteiger partial charge >= 0.3 is 6.18 Å². The van der Waals surface area contributed by atoms with Crippen molar-refractivity contribution in [2.75, 3.05) is 0 Å². The molecule has 0 unspecified atom stereocenters. The average Bonchev–Trinajstić information content (AvgIpc) is 2.31. The molecule has 1 nitrogen and oxygen atoms in total. The van der Waals surface area contributed by atoms with Crippen LogP contribution in [-0.4, -0.2) is 4.98 Å². The zero-order valence-electron chi connectivity index (χ0n) is 9.90. The van der Waals surface area contributed by atoms with Gasteiger partial charge in [-0.25, -0.2) is 0 Å². The van der Waals surface area contributed by atoms with E-state index in [4.69, 9.17) is 11.6 Å². The van der Waals surface area contributed by atoms with Crippen molar-refractivity contribution in [1.29, 1.82) is 0 Å². The highest BCUT2D eigenvalue weighted by molar-refractivity contribution is 6.35. The second-order valence-corrected chi connectivity index (χ2v) is 4.48. The molecule has 0 saturated heterocycles. The van der Waals surface area contributed by atoms with Crippen LogP contribution in [-0.2, 0) is 12.6 Å². The van der Waals surface area contributed by atoms with Crippen LogP contribution in [0.3, 0.4) is 0 Å². The van der Waals surface area contributed by atoms with Crippen LogP contribution in [0.25, 0.3) is 10.9 Å². The Morgan fingerprint density at radius 2 is 2.00 bits per heavy atom. The number of hydrogen-bond acceptors (Lipinski definition) is 1. The maximum absolute atomic E-state index is 13.0. The zero-order valence-corrected chi connectivity index (χ0v) is 10.7. The lowest BCUT2D eigenvalue weighted by molar-refractivity contribution is -0.136. The molecular formula is C13H11ClF3N. The number of nitrogens with zero attached hydrogens (tertiary/aromatic N) is 1. The van der Waals surface area contributed by atoms with Crippen LogP contribution < -0.4 is 0 Å². The first-order chi connectivity index (χ1) is 8.36. The van der Waals surface area contributed by atoms with Crippen molar-refractivity contribution >= 4 is 22.5 Å². The van der Waals surface area contributed by atoms with Crippen molar-refractivity contribution < 1.29 is 13.2 Å². The molecule has 0 aliphatic carbocycles. The average molecular weight is 274 g/mol. The summed E-state index contributed by atoms with van der Waals surface area (Å²) in [5.74, 6) is 0. The molecule has 0 aliphatic heterocycles. The van der Waals surface area contributed by atoms with Crippen LogP contribution in [0, 0.1) is 6.92 Å². The summed E-state index contributed by atoms with van der Waals surface area (Å²) < 4.78 is 39.0. The predicted molar refractivity (Wildman–Crippen MR) is 65.9 cm³/mol. The summed E-state index contributed by atoms with van der Waals surface area (Å²) in [4.78, 5) is 3.96. The van der Waals surface area contributed by atoms with Gasteiger partial charge in [0.15, 0.2) is 0 Å². The van der Waals surface area contributed by atoms with Gasteiger partial charge < -0.3 is 0 Å². The van der Waals surface area contributed by atoms with Crippen LogP contribution in [0.5, 0.6) is 0 Å². The maximum atomic E-state index is 13.0. The molecule has 1 aromatic carbocycles. The highest BCUT2D eigenvalue weighted by atomic mass is 35.5. The van der Waals surface area contributed by atoms with E-state index >= 15 is 0 Å². The summed E-state index contributed by atoms with van der Waals surface area (Å²) in [6, 6.07) is 2.68. The van der Waals surface area contributed by atoms with Gasteiger partial charge in [0.05, 0.1) is 16.1 Å². The van der Waals surface area contributed by atoms with Crippen LogP contribution in [0.4, 0.5) is 13.2 Å². The summed E-state index contributed by atoms with van der Waals surface area (Å²) in [6.45, 7) is 3.56. The van der Waals surface area contributed by atoms with Crippen molar-refractivity contribution in [2.45, 2.75) is 26.4 Å². The third-order valence-electron chi connectivity index (χ3n) is 3.02. The van der Waals surface area contributed by atoms with E-state index in [0.717, 1.165) is 17.8 Å². The number of alkyl halides is 3. The van der Waals surface area contributed by atoms with E-state index in [1.54, 1.807) is 13.0 Å². The number of fused-ring (bicyclic) bond motifs is 1. The fourth-order valence-electron chi connectivity index (χ4n) is 2.12. The molecule has 0 radical (unpaired) electrons. The normalized spacial score (nSPS) is 12.1. The third-order valence-corrected chi connectivity index (χ3v) is 3.31. The second-order valence-electron chi connectivity index (χ2n) is 4.08. The second kappa shape index (κ2) is 4.43. The minimum atomic E-state index is -4.40. The van der Waals surface area contributed by atoms with Gasteiger partial charge in [0.1, 0.15) is 0 Å². The topological polar surface area (TPSA) is 12.9 Å². The molecule has 0 spiro atoms. The Hall–Kier alpha value is -1.29. The third kappa shape index (κ3) is 2.05. The summed E-state index contributed by atoms with van der Waals surface area (Å²) >= 11 is 6.01. The molecule has 0 amide bonds. The number of halogens is 4. The Morgan fingerprint density at radius 1 is 1.33 bits per heavy atom. The molecule has 18 heavy (non-hydrogen) atoms. The van der Waals surface area contributed by atoms with E-state index in [0.29, 0.717) is 12.0 Å². The molecule has 1 aromatic heterocycles. The van der Waals surface area contributed by atoms with Crippen molar-refractivity contribution in [3.63, 3.8) is 0 Å². The van der Waals surface area contributed by atoms with Crippen LogP contribution in [0.2, 0.25) is 5.02 Å². The van der Waals surface area contributed by atoms with E-state index in [1.807, 2.05) is 6.92 Å². The van der Waals surface area contributed by atoms with Crippen molar-refractivity contribution in [3.8, 4) is 0 Å². The first-order valence-corrected chi connectivity index (χ1v) is 5.88. The van der Waals surface area contributed by atoms with Gasteiger partial charge in [0, 0.05) is 11.6 Å². The maximum Gasteiger partial charge on any atom is 0.417 e. The van der Waals surface area contributed by atoms with Crippen LogP contribution in [0.1, 0.15) is 23.6 Å². The number of aryl methyl sites for hydroxylation is 2. The van der Waals surface area contributed by atoms with Crippen LogP contribution in [0.15, 0.2) is 18.3 Å². The molecule has 2 aromatic rings. The van der Waals surface area contributed by atoms with Crippen molar-refractivity contribution in [1.82, 2.24) is 4.98 Å². The lowest BCUT2D eigenvalue weighted by atomic mass is 9.97. The quantitative estimate of drug-likeness (QED) is 0.729. The van der Waals surface area contributed by atoms with Gasteiger partial charge in [-0.15, -0.1) is 0 Å². The van der Waals surface area contributed by atoms with Gasteiger partial charge in [-0.05, 0) is 36.6 Å². The Morgan fingerprint density at radius 3 is 2.56 bits per heavy atom. The van der Waals surface area contributed by atoms with Gasteiger partial charge in [0.2, 0.25) is 0 Å².